The molecule has 0 aliphatic carbocycles. The largest absolute Gasteiger partial charge is 0.505 e. The van der Waals surface area contributed by atoms with E-state index in [0.717, 1.165) is 0 Å². The number of aromatic hydroxyl groups is 1. The SMILES string of the molecule is Cc1ncc(COP(O)O)c(C=O)c1O.O. The van der Waals surface area contributed by atoms with E-state index < -0.39 is 8.60 Å². The highest BCUT2D eigenvalue weighted by Crippen LogP contribution is 2.29. The van der Waals surface area contributed by atoms with E-state index in [0.29, 0.717) is 17.5 Å². The van der Waals surface area contributed by atoms with Gasteiger partial charge in [-0.1, -0.05) is 0 Å². The first-order chi connectivity index (χ1) is 7.06. The summed E-state index contributed by atoms with van der Waals surface area (Å²) in [5.74, 6) is -0.216. The van der Waals surface area contributed by atoms with Gasteiger partial charge in [0.05, 0.1) is 17.9 Å². The second kappa shape index (κ2) is 6.47. The van der Waals surface area contributed by atoms with Crippen LogP contribution in [0.2, 0.25) is 0 Å². The summed E-state index contributed by atoms with van der Waals surface area (Å²) in [4.78, 5) is 31.6. The van der Waals surface area contributed by atoms with Crippen LogP contribution in [0.25, 0.3) is 0 Å². The number of aryl methyl sites for hydroxylation is 1. The molecular weight excluding hydrogens is 237 g/mol. The minimum atomic E-state index is -2.48. The number of carbonyl (C=O) groups excluding carboxylic acids is 1. The van der Waals surface area contributed by atoms with E-state index in [4.69, 9.17) is 9.79 Å². The number of rotatable bonds is 4. The Morgan fingerprint density at radius 3 is 2.69 bits per heavy atom. The fraction of sp³-hybridized carbons (Fsp3) is 0.250. The molecule has 0 amide bonds. The fourth-order valence-corrected chi connectivity index (χ4v) is 1.28. The molecule has 7 nitrogen and oxygen atoms in total. The Labute approximate surface area is 92.6 Å². The van der Waals surface area contributed by atoms with Crippen molar-refractivity contribution in [1.29, 1.82) is 0 Å². The molecular formula is C8H12NO6P. The van der Waals surface area contributed by atoms with Gasteiger partial charge in [-0.25, -0.2) is 0 Å². The molecule has 0 fully saturated rings. The van der Waals surface area contributed by atoms with Gasteiger partial charge in [0.15, 0.2) is 6.29 Å². The van der Waals surface area contributed by atoms with E-state index in [1.807, 2.05) is 0 Å². The quantitative estimate of drug-likeness (QED) is 0.500. The van der Waals surface area contributed by atoms with E-state index in [2.05, 4.69) is 9.51 Å². The number of carbonyl (C=O) groups is 1. The van der Waals surface area contributed by atoms with Crippen LogP contribution in [-0.4, -0.2) is 31.6 Å². The van der Waals surface area contributed by atoms with Gasteiger partial charge in [0.25, 0.3) is 0 Å². The molecule has 1 rings (SSSR count). The van der Waals surface area contributed by atoms with Gasteiger partial charge in [-0.2, -0.15) is 0 Å². The molecule has 90 valence electrons. The minimum absolute atomic E-state index is 0. The van der Waals surface area contributed by atoms with Crippen LogP contribution in [0.5, 0.6) is 5.75 Å². The van der Waals surface area contributed by atoms with Crippen molar-refractivity contribution in [3.05, 3.63) is 23.0 Å². The van der Waals surface area contributed by atoms with Crippen LogP contribution < -0.4 is 0 Å². The molecule has 16 heavy (non-hydrogen) atoms. The van der Waals surface area contributed by atoms with E-state index >= 15 is 0 Å². The van der Waals surface area contributed by atoms with Crippen molar-refractivity contribution in [2.45, 2.75) is 13.5 Å². The third kappa shape index (κ3) is 3.48. The third-order valence-corrected chi connectivity index (χ3v) is 2.17. The van der Waals surface area contributed by atoms with Gasteiger partial charge in [-0.15, -0.1) is 0 Å². The van der Waals surface area contributed by atoms with Crippen molar-refractivity contribution in [2.75, 3.05) is 0 Å². The molecule has 0 spiro atoms. The van der Waals surface area contributed by atoms with Crippen LogP contribution in [-0.2, 0) is 11.1 Å². The zero-order chi connectivity index (χ0) is 11.4. The van der Waals surface area contributed by atoms with Crippen molar-refractivity contribution < 1.29 is 29.7 Å². The molecule has 1 heterocycles. The molecule has 0 atom stereocenters. The highest BCUT2D eigenvalue weighted by Gasteiger charge is 2.12. The molecule has 0 aromatic carbocycles. The topological polar surface area (TPSA) is 131 Å². The Bertz CT molecular complexity index is 370. The number of nitrogens with zero attached hydrogens (tertiary/aromatic N) is 1. The fourth-order valence-electron chi connectivity index (χ4n) is 1.03. The lowest BCUT2D eigenvalue weighted by Gasteiger charge is -2.08. The summed E-state index contributed by atoms with van der Waals surface area (Å²) in [6.45, 7) is 1.37. The van der Waals surface area contributed by atoms with E-state index in [9.17, 15) is 9.90 Å². The number of aldehydes is 1. The molecule has 0 aliphatic rings. The van der Waals surface area contributed by atoms with Gasteiger partial charge in [0.1, 0.15) is 5.75 Å². The summed E-state index contributed by atoms with van der Waals surface area (Å²) in [6.07, 6.45) is 1.82. The van der Waals surface area contributed by atoms with Crippen molar-refractivity contribution in [3.63, 3.8) is 0 Å². The summed E-state index contributed by atoms with van der Waals surface area (Å²) in [7, 11) is -2.48. The average Bonchev–Trinajstić information content (AvgIpc) is 2.19. The third-order valence-electron chi connectivity index (χ3n) is 1.81. The normalized spacial score (nSPS) is 10.0. The van der Waals surface area contributed by atoms with E-state index in [1.54, 1.807) is 6.92 Å². The molecule has 0 saturated heterocycles. The standard InChI is InChI=1S/C8H10NO5P.H2O/c1-5-8(11)7(3-10)6(2-9-5)4-14-15(12)13;/h2-3,11-13H,4H2,1H3;1H2. The summed E-state index contributed by atoms with van der Waals surface area (Å²) in [5.41, 5.74) is 0.694. The van der Waals surface area contributed by atoms with Crippen LogP contribution in [0.3, 0.4) is 0 Å². The van der Waals surface area contributed by atoms with Gasteiger partial charge >= 0.3 is 8.60 Å². The molecule has 1 aromatic heterocycles. The summed E-state index contributed by atoms with van der Waals surface area (Å²) in [6, 6.07) is 0. The predicted octanol–water partition coefficient (Wildman–Crippen LogP) is -0.188. The lowest BCUT2D eigenvalue weighted by molar-refractivity contribution is 0.111. The second-order valence-electron chi connectivity index (χ2n) is 2.78. The Hall–Kier alpha value is -1.11. The maximum absolute atomic E-state index is 10.7. The zero-order valence-corrected chi connectivity index (χ0v) is 9.31. The maximum atomic E-state index is 10.7. The first-order valence-corrected chi connectivity index (χ1v) is 5.16. The summed E-state index contributed by atoms with van der Waals surface area (Å²) in [5, 5.41) is 9.47. The number of hydrogen-bond donors (Lipinski definition) is 3. The Morgan fingerprint density at radius 2 is 2.19 bits per heavy atom. The smallest absolute Gasteiger partial charge is 0.327 e. The van der Waals surface area contributed by atoms with Gasteiger partial charge in [-0.05, 0) is 6.92 Å². The Morgan fingerprint density at radius 1 is 1.56 bits per heavy atom. The summed E-state index contributed by atoms with van der Waals surface area (Å²) < 4.78 is 4.53. The number of aromatic nitrogens is 1. The highest BCUT2D eigenvalue weighted by molar-refractivity contribution is 7.39. The van der Waals surface area contributed by atoms with Gasteiger partial charge in [0.2, 0.25) is 0 Å². The van der Waals surface area contributed by atoms with E-state index in [-0.39, 0.29) is 23.4 Å². The van der Waals surface area contributed by atoms with Gasteiger partial charge < -0.3 is 24.9 Å². The lowest BCUT2D eigenvalue weighted by atomic mass is 10.1. The van der Waals surface area contributed by atoms with Crippen LogP contribution >= 0.6 is 8.60 Å². The van der Waals surface area contributed by atoms with Crippen LogP contribution in [0.1, 0.15) is 21.6 Å². The molecule has 1 aromatic rings. The Balaban J connectivity index is 0.00000225. The predicted molar refractivity (Wildman–Crippen MR) is 55.8 cm³/mol. The van der Waals surface area contributed by atoms with Crippen molar-refractivity contribution in [1.82, 2.24) is 4.98 Å². The molecule has 0 radical (unpaired) electrons. The maximum Gasteiger partial charge on any atom is 0.327 e. The highest BCUT2D eigenvalue weighted by atomic mass is 31.2. The van der Waals surface area contributed by atoms with Gasteiger partial charge in [0, 0.05) is 11.8 Å². The minimum Gasteiger partial charge on any atom is -0.505 e. The molecule has 0 unspecified atom stereocenters. The van der Waals surface area contributed by atoms with E-state index in [1.165, 1.54) is 6.20 Å². The monoisotopic (exact) mass is 249 g/mol. The van der Waals surface area contributed by atoms with Crippen molar-refractivity contribution in [2.24, 2.45) is 0 Å². The van der Waals surface area contributed by atoms with Gasteiger partial charge in [-0.3, -0.25) is 9.78 Å². The first kappa shape index (κ1) is 14.9. The number of hydrogen-bond acceptors (Lipinski definition) is 6. The lowest BCUT2D eigenvalue weighted by Crippen LogP contribution is -1.98. The van der Waals surface area contributed by atoms with Crippen molar-refractivity contribution in [3.8, 4) is 5.75 Å². The average molecular weight is 249 g/mol. The molecule has 0 bridgehead atoms. The molecule has 8 heteroatoms. The Kier molecular flexibility index (Phi) is 6.02. The number of pyridine rings is 1. The zero-order valence-electron chi connectivity index (χ0n) is 8.41. The molecule has 0 saturated carbocycles. The summed E-state index contributed by atoms with van der Waals surface area (Å²) >= 11 is 0. The molecule has 5 N–H and O–H groups in total. The molecule has 0 aliphatic heterocycles. The van der Waals surface area contributed by atoms with Crippen LogP contribution in [0.4, 0.5) is 0 Å². The first-order valence-electron chi connectivity index (χ1n) is 3.99. The van der Waals surface area contributed by atoms with Crippen molar-refractivity contribution >= 4 is 14.9 Å². The van der Waals surface area contributed by atoms with Crippen LogP contribution in [0.15, 0.2) is 6.20 Å². The van der Waals surface area contributed by atoms with Crippen LogP contribution in [0, 0.1) is 6.92 Å². The second-order valence-corrected chi connectivity index (χ2v) is 3.54.